The van der Waals surface area contributed by atoms with E-state index in [0.29, 0.717) is 15.0 Å². The topological polar surface area (TPSA) is 161 Å². The summed E-state index contributed by atoms with van der Waals surface area (Å²) in [5, 5.41) is 23.6. The van der Waals surface area contributed by atoms with Gasteiger partial charge in [0.25, 0.3) is 29.1 Å². The standard InChI is InChI=1S/C23H13ClN4O8/c24-15-8-4-14(5-9-15)21(30)25(12-19(29)13-6-10-16(11-7-13)27(33)34)26-22(31)17-2-1-3-18(28(35)36)20(17)23(26)32/h1-11H,12H2. The van der Waals surface area contributed by atoms with Crippen LogP contribution in [0.5, 0.6) is 0 Å². The van der Waals surface area contributed by atoms with Crippen LogP contribution in [0.2, 0.25) is 5.02 Å². The lowest BCUT2D eigenvalue weighted by Gasteiger charge is -2.29. The first-order chi connectivity index (χ1) is 17.1. The summed E-state index contributed by atoms with van der Waals surface area (Å²) in [5.74, 6) is -3.86. The molecule has 0 bridgehead atoms. The fourth-order valence-corrected chi connectivity index (χ4v) is 3.72. The van der Waals surface area contributed by atoms with E-state index in [1.54, 1.807) is 0 Å². The molecule has 1 heterocycles. The number of halogens is 1. The Morgan fingerprint density at radius 1 is 0.833 bits per heavy atom. The molecule has 180 valence electrons. The van der Waals surface area contributed by atoms with Crippen molar-refractivity contribution in [1.82, 2.24) is 10.0 Å². The highest BCUT2D eigenvalue weighted by atomic mass is 35.5. The minimum absolute atomic E-state index is 0.0260. The summed E-state index contributed by atoms with van der Waals surface area (Å²) in [4.78, 5) is 73.6. The number of nitro benzene ring substituents is 2. The number of non-ortho nitro benzene ring substituents is 1. The van der Waals surface area contributed by atoms with Crippen molar-refractivity contribution < 1.29 is 29.0 Å². The number of ketones is 1. The van der Waals surface area contributed by atoms with Crippen molar-refractivity contribution in [2.75, 3.05) is 6.54 Å². The third kappa shape index (κ3) is 4.28. The van der Waals surface area contributed by atoms with Crippen LogP contribution in [0.25, 0.3) is 0 Å². The molecule has 3 amide bonds. The van der Waals surface area contributed by atoms with Crippen LogP contribution in [0.1, 0.15) is 41.4 Å². The Morgan fingerprint density at radius 3 is 2.03 bits per heavy atom. The van der Waals surface area contributed by atoms with Crippen LogP contribution in [0, 0.1) is 20.2 Å². The smallest absolute Gasteiger partial charge is 0.287 e. The molecule has 1 aliphatic rings. The fourth-order valence-electron chi connectivity index (χ4n) is 3.60. The molecule has 1 aliphatic heterocycles. The lowest BCUT2D eigenvalue weighted by molar-refractivity contribution is -0.385. The first kappa shape index (κ1) is 24.2. The fraction of sp³-hybridized carbons (Fsp3) is 0.0435. The molecule has 0 saturated carbocycles. The third-order valence-electron chi connectivity index (χ3n) is 5.33. The molecule has 0 spiro atoms. The molecule has 0 radical (unpaired) electrons. The van der Waals surface area contributed by atoms with Crippen molar-refractivity contribution in [3.8, 4) is 0 Å². The molecule has 0 unspecified atom stereocenters. The maximum atomic E-state index is 13.4. The number of benzene rings is 3. The van der Waals surface area contributed by atoms with E-state index < -0.39 is 51.1 Å². The highest BCUT2D eigenvalue weighted by Gasteiger charge is 2.46. The van der Waals surface area contributed by atoms with Gasteiger partial charge in [-0.3, -0.25) is 39.4 Å². The average molecular weight is 509 g/mol. The van der Waals surface area contributed by atoms with Gasteiger partial charge in [-0.15, -0.1) is 0 Å². The molecule has 0 N–H and O–H groups in total. The van der Waals surface area contributed by atoms with Crippen LogP contribution in [-0.4, -0.2) is 49.9 Å². The van der Waals surface area contributed by atoms with Crippen LogP contribution in [-0.2, 0) is 0 Å². The zero-order chi connectivity index (χ0) is 26.1. The molecule has 0 aliphatic carbocycles. The Morgan fingerprint density at radius 2 is 1.44 bits per heavy atom. The van der Waals surface area contributed by atoms with Gasteiger partial charge in [0.15, 0.2) is 5.78 Å². The zero-order valence-electron chi connectivity index (χ0n) is 18.0. The molecule has 3 aromatic rings. The van der Waals surface area contributed by atoms with Gasteiger partial charge in [0.2, 0.25) is 0 Å². The lowest BCUT2D eigenvalue weighted by atomic mass is 10.1. The van der Waals surface area contributed by atoms with E-state index in [9.17, 15) is 39.4 Å². The first-order valence-corrected chi connectivity index (χ1v) is 10.5. The second kappa shape index (κ2) is 9.35. The molecule has 36 heavy (non-hydrogen) atoms. The second-order valence-electron chi connectivity index (χ2n) is 7.48. The molecule has 3 aromatic carbocycles. The van der Waals surface area contributed by atoms with Gasteiger partial charge in [0.05, 0.1) is 15.4 Å². The van der Waals surface area contributed by atoms with Crippen LogP contribution < -0.4 is 0 Å². The van der Waals surface area contributed by atoms with E-state index in [2.05, 4.69) is 0 Å². The van der Waals surface area contributed by atoms with E-state index >= 15 is 0 Å². The number of nitrogens with zero attached hydrogens (tertiary/aromatic N) is 4. The van der Waals surface area contributed by atoms with Crippen molar-refractivity contribution in [3.05, 3.63) is 114 Å². The van der Waals surface area contributed by atoms with Crippen molar-refractivity contribution in [2.24, 2.45) is 0 Å². The maximum absolute atomic E-state index is 13.4. The normalized spacial score (nSPS) is 12.3. The summed E-state index contributed by atoms with van der Waals surface area (Å²) in [5.41, 5.74) is -1.77. The van der Waals surface area contributed by atoms with Gasteiger partial charge in [-0.1, -0.05) is 17.7 Å². The largest absolute Gasteiger partial charge is 0.292 e. The van der Waals surface area contributed by atoms with E-state index in [1.165, 1.54) is 48.5 Å². The van der Waals surface area contributed by atoms with Gasteiger partial charge in [0.1, 0.15) is 12.1 Å². The van der Waals surface area contributed by atoms with E-state index in [0.717, 1.165) is 18.2 Å². The number of carbonyl (C=O) groups is 4. The Balaban J connectivity index is 1.75. The summed E-state index contributed by atoms with van der Waals surface area (Å²) in [7, 11) is 0. The van der Waals surface area contributed by atoms with Gasteiger partial charge >= 0.3 is 0 Å². The molecule has 0 saturated heterocycles. The van der Waals surface area contributed by atoms with Gasteiger partial charge < -0.3 is 0 Å². The molecule has 0 atom stereocenters. The van der Waals surface area contributed by atoms with E-state index in [-0.39, 0.29) is 22.4 Å². The predicted octanol–water partition coefficient (Wildman–Crippen LogP) is 3.69. The number of amides is 3. The number of nitro groups is 2. The first-order valence-electron chi connectivity index (χ1n) is 10.1. The number of fused-ring (bicyclic) bond motifs is 1. The Hall–Kier alpha value is -4.97. The maximum Gasteiger partial charge on any atom is 0.287 e. The second-order valence-corrected chi connectivity index (χ2v) is 7.91. The monoisotopic (exact) mass is 508 g/mol. The molecular formula is C23H13ClN4O8. The van der Waals surface area contributed by atoms with Crippen molar-refractivity contribution in [3.63, 3.8) is 0 Å². The Bertz CT molecular complexity index is 1450. The predicted molar refractivity (Wildman–Crippen MR) is 124 cm³/mol. The van der Waals surface area contributed by atoms with Crippen LogP contribution in [0.15, 0.2) is 66.7 Å². The Labute approximate surface area is 206 Å². The lowest BCUT2D eigenvalue weighted by Crippen LogP contribution is -2.51. The summed E-state index contributed by atoms with van der Waals surface area (Å²) in [6.07, 6.45) is 0. The highest BCUT2D eigenvalue weighted by molar-refractivity contribution is 6.30. The van der Waals surface area contributed by atoms with E-state index in [1.807, 2.05) is 0 Å². The summed E-state index contributed by atoms with van der Waals surface area (Å²) < 4.78 is 0. The van der Waals surface area contributed by atoms with Crippen LogP contribution in [0.4, 0.5) is 11.4 Å². The van der Waals surface area contributed by atoms with Crippen LogP contribution in [0.3, 0.4) is 0 Å². The number of hydrazine groups is 1. The summed E-state index contributed by atoms with van der Waals surface area (Å²) in [6, 6.07) is 13.4. The molecule has 12 nitrogen and oxygen atoms in total. The zero-order valence-corrected chi connectivity index (χ0v) is 18.7. The molecule has 0 aromatic heterocycles. The molecule has 13 heteroatoms. The number of hydrogen-bond donors (Lipinski definition) is 0. The van der Waals surface area contributed by atoms with Crippen molar-refractivity contribution in [2.45, 2.75) is 0 Å². The summed E-state index contributed by atoms with van der Waals surface area (Å²) >= 11 is 5.87. The molecule has 0 fully saturated rings. The molecule has 4 rings (SSSR count). The third-order valence-corrected chi connectivity index (χ3v) is 5.58. The minimum Gasteiger partial charge on any atom is -0.292 e. The number of imide groups is 1. The quantitative estimate of drug-likeness (QED) is 0.202. The van der Waals surface area contributed by atoms with Crippen molar-refractivity contribution >= 4 is 46.5 Å². The highest BCUT2D eigenvalue weighted by Crippen LogP contribution is 2.32. The van der Waals surface area contributed by atoms with Gasteiger partial charge in [-0.25, -0.2) is 5.01 Å². The molecular weight excluding hydrogens is 496 g/mol. The van der Waals surface area contributed by atoms with Gasteiger partial charge in [-0.2, -0.15) is 5.01 Å². The SMILES string of the molecule is O=C(CN(C(=O)c1ccc(Cl)cc1)N1C(=O)c2cccc([N+](=O)[O-])c2C1=O)c1ccc([N+](=O)[O-])cc1. The van der Waals surface area contributed by atoms with Crippen molar-refractivity contribution in [1.29, 1.82) is 0 Å². The number of rotatable bonds is 7. The average Bonchev–Trinajstić information content (AvgIpc) is 3.12. The van der Waals surface area contributed by atoms with Crippen LogP contribution >= 0.6 is 11.6 Å². The minimum atomic E-state index is -1.15. The summed E-state index contributed by atoms with van der Waals surface area (Å²) in [6.45, 7) is -0.821. The van der Waals surface area contributed by atoms with Gasteiger partial charge in [0, 0.05) is 34.3 Å². The number of carbonyl (C=O) groups excluding carboxylic acids is 4. The van der Waals surface area contributed by atoms with Gasteiger partial charge in [-0.05, 0) is 42.5 Å². The number of Topliss-reactive ketones (excluding diaryl/α,β-unsaturated/α-hetero) is 1. The van der Waals surface area contributed by atoms with E-state index in [4.69, 9.17) is 11.6 Å². The Kier molecular flexibility index (Phi) is 6.27. The number of hydrogen-bond acceptors (Lipinski definition) is 8.